The van der Waals surface area contributed by atoms with Crippen molar-refractivity contribution in [3.8, 4) is 5.75 Å². The van der Waals surface area contributed by atoms with Crippen molar-refractivity contribution in [2.45, 2.75) is 18.7 Å². The fourth-order valence-corrected chi connectivity index (χ4v) is 5.07. The molecule has 0 amide bonds. The fourth-order valence-electron chi connectivity index (χ4n) is 1.61. The molecule has 0 heterocycles. The van der Waals surface area contributed by atoms with Crippen molar-refractivity contribution in [2.75, 3.05) is 0 Å². The molecule has 0 radical (unpaired) electrons. The predicted molar refractivity (Wildman–Crippen MR) is 82.3 cm³/mol. The van der Waals surface area contributed by atoms with Crippen molar-refractivity contribution >= 4 is 28.5 Å². The van der Waals surface area contributed by atoms with Crippen molar-refractivity contribution in [1.29, 1.82) is 0 Å². The fraction of sp³-hybridized carbons (Fsp3) is 0.143. The van der Waals surface area contributed by atoms with Gasteiger partial charge in [0.05, 0.1) is 0 Å². The molecule has 2 aromatic carbocycles. The standard InChI is InChI=1S/C14H14ClO2PS/c1-11-5-3-7-13(9-11)17-18(15,16)19-14-8-4-6-12(2)10-14/h3-10H,1-2H3. The van der Waals surface area contributed by atoms with Gasteiger partial charge in [-0.25, -0.2) is 4.57 Å². The molecule has 0 fully saturated rings. The Bertz CT molecular complexity index is 579. The van der Waals surface area contributed by atoms with E-state index in [0.717, 1.165) is 27.4 Å². The maximum Gasteiger partial charge on any atom is 0.398 e. The van der Waals surface area contributed by atoms with Crippen LogP contribution >= 0.6 is 28.5 Å². The highest BCUT2D eigenvalue weighted by atomic mass is 35.7. The number of benzene rings is 2. The molecule has 0 aliphatic rings. The first-order valence-corrected chi connectivity index (χ1v) is 9.72. The molecule has 0 N–H and O–H groups in total. The predicted octanol–water partition coefficient (Wildman–Crippen LogP) is 5.82. The first-order chi connectivity index (χ1) is 8.94. The lowest BCUT2D eigenvalue weighted by molar-refractivity contribution is 0.514. The van der Waals surface area contributed by atoms with E-state index in [1.54, 1.807) is 6.07 Å². The zero-order valence-electron chi connectivity index (χ0n) is 10.7. The Morgan fingerprint density at radius 2 is 1.68 bits per heavy atom. The zero-order chi connectivity index (χ0) is 13.9. The highest BCUT2D eigenvalue weighted by Gasteiger charge is 2.23. The van der Waals surface area contributed by atoms with Gasteiger partial charge in [0.15, 0.2) is 0 Å². The Kier molecular flexibility index (Phi) is 4.62. The van der Waals surface area contributed by atoms with E-state index in [2.05, 4.69) is 0 Å². The van der Waals surface area contributed by atoms with E-state index in [4.69, 9.17) is 15.8 Å². The Morgan fingerprint density at radius 1 is 1.05 bits per heavy atom. The Hall–Kier alpha value is -0.890. The van der Waals surface area contributed by atoms with Crippen molar-refractivity contribution < 1.29 is 9.09 Å². The van der Waals surface area contributed by atoms with E-state index in [1.165, 1.54) is 0 Å². The number of aryl methyl sites for hydroxylation is 2. The van der Waals surface area contributed by atoms with Gasteiger partial charge in [0.2, 0.25) is 0 Å². The molecular weight excluding hydrogens is 299 g/mol. The van der Waals surface area contributed by atoms with E-state index in [1.807, 2.05) is 56.3 Å². The van der Waals surface area contributed by atoms with Gasteiger partial charge >= 0.3 is 5.92 Å². The number of halogens is 1. The quantitative estimate of drug-likeness (QED) is 0.665. The molecule has 0 aromatic heterocycles. The third kappa shape index (κ3) is 4.61. The molecule has 5 heteroatoms. The molecule has 19 heavy (non-hydrogen) atoms. The van der Waals surface area contributed by atoms with Crippen LogP contribution in [0.2, 0.25) is 0 Å². The summed E-state index contributed by atoms with van der Waals surface area (Å²) < 4.78 is 17.7. The highest BCUT2D eigenvalue weighted by Crippen LogP contribution is 2.66. The van der Waals surface area contributed by atoms with Gasteiger partial charge in [0, 0.05) is 4.90 Å². The zero-order valence-corrected chi connectivity index (χ0v) is 13.1. The molecule has 100 valence electrons. The van der Waals surface area contributed by atoms with Crippen LogP contribution in [-0.2, 0) is 4.57 Å². The second-order valence-corrected chi connectivity index (χ2v) is 9.87. The lowest BCUT2D eigenvalue weighted by Gasteiger charge is -2.12. The summed E-state index contributed by atoms with van der Waals surface area (Å²) in [6.07, 6.45) is 0. The highest BCUT2D eigenvalue weighted by molar-refractivity contribution is 8.63. The summed E-state index contributed by atoms with van der Waals surface area (Å²) in [6.45, 7) is 3.92. The van der Waals surface area contributed by atoms with Crippen LogP contribution in [0.5, 0.6) is 5.75 Å². The van der Waals surface area contributed by atoms with Gasteiger partial charge in [-0.15, -0.1) is 0 Å². The molecule has 1 atom stereocenters. The summed E-state index contributed by atoms with van der Waals surface area (Å²) in [5.41, 5.74) is 2.13. The van der Waals surface area contributed by atoms with Crippen molar-refractivity contribution in [2.24, 2.45) is 0 Å². The largest absolute Gasteiger partial charge is 0.425 e. The third-order valence-corrected chi connectivity index (χ3v) is 5.86. The van der Waals surface area contributed by atoms with Gasteiger partial charge in [-0.2, -0.15) is 0 Å². The molecular formula is C14H14ClO2PS. The molecule has 0 aliphatic heterocycles. The maximum absolute atomic E-state index is 12.3. The topological polar surface area (TPSA) is 26.3 Å². The van der Waals surface area contributed by atoms with Crippen LogP contribution in [0.25, 0.3) is 0 Å². The normalized spacial score (nSPS) is 13.8. The number of rotatable bonds is 4. The summed E-state index contributed by atoms with van der Waals surface area (Å²) in [6, 6.07) is 15.0. The smallest absolute Gasteiger partial charge is 0.398 e. The minimum atomic E-state index is -3.29. The van der Waals surface area contributed by atoms with Gasteiger partial charge in [-0.3, -0.25) is 0 Å². The third-order valence-electron chi connectivity index (χ3n) is 2.41. The summed E-state index contributed by atoms with van der Waals surface area (Å²) in [7, 11) is 0. The summed E-state index contributed by atoms with van der Waals surface area (Å²) in [5, 5.41) is 0. The SMILES string of the molecule is Cc1cccc(OP(=O)(Cl)Sc2cccc(C)c2)c1. The Balaban J connectivity index is 2.12. The minimum Gasteiger partial charge on any atom is -0.425 e. The van der Waals surface area contributed by atoms with E-state index < -0.39 is 5.92 Å². The lowest BCUT2D eigenvalue weighted by atomic mass is 10.2. The Labute approximate surface area is 122 Å². The lowest BCUT2D eigenvalue weighted by Crippen LogP contribution is -1.85. The van der Waals surface area contributed by atoms with Crippen molar-refractivity contribution in [3.05, 3.63) is 59.7 Å². The molecule has 2 nitrogen and oxygen atoms in total. The molecule has 0 spiro atoms. The molecule has 1 unspecified atom stereocenters. The van der Waals surface area contributed by atoms with Gasteiger partial charge in [-0.05, 0) is 66.3 Å². The van der Waals surface area contributed by atoms with Crippen LogP contribution in [0.3, 0.4) is 0 Å². The van der Waals surface area contributed by atoms with E-state index in [0.29, 0.717) is 5.75 Å². The molecule has 0 saturated heterocycles. The van der Waals surface area contributed by atoms with E-state index >= 15 is 0 Å². The van der Waals surface area contributed by atoms with Gasteiger partial charge < -0.3 is 4.52 Å². The second kappa shape index (κ2) is 6.04. The summed E-state index contributed by atoms with van der Waals surface area (Å²) >= 11 is 7.07. The molecule has 0 bridgehead atoms. The maximum atomic E-state index is 12.3. The van der Waals surface area contributed by atoms with E-state index in [9.17, 15) is 4.57 Å². The van der Waals surface area contributed by atoms with Crippen molar-refractivity contribution in [3.63, 3.8) is 0 Å². The first-order valence-electron chi connectivity index (χ1n) is 5.77. The van der Waals surface area contributed by atoms with Crippen LogP contribution in [0.1, 0.15) is 11.1 Å². The average molecular weight is 313 g/mol. The monoisotopic (exact) mass is 312 g/mol. The van der Waals surface area contributed by atoms with Crippen LogP contribution in [0.4, 0.5) is 0 Å². The van der Waals surface area contributed by atoms with Crippen LogP contribution in [-0.4, -0.2) is 0 Å². The van der Waals surface area contributed by atoms with Crippen LogP contribution in [0, 0.1) is 13.8 Å². The first kappa shape index (κ1) is 14.5. The molecule has 0 saturated carbocycles. The minimum absolute atomic E-state index is 0.526. The molecule has 2 rings (SSSR count). The number of hydrogen-bond donors (Lipinski definition) is 0. The summed E-state index contributed by atoms with van der Waals surface area (Å²) in [5.74, 6) is -2.76. The average Bonchev–Trinajstić information content (AvgIpc) is 2.27. The van der Waals surface area contributed by atoms with Gasteiger partial charge in [0.1, 0.15) is 5.75 Å². The van der Waals surface area contributed by atoms with E-state index in [-0.39, 0.29) is 0 Å². The van der Waals surface area contributed by atoms with Crippen LogP contribution < -0.4 is 4.52 Å². The Morgan fingerprint density at radius 3 is 2.32 bits per heavy atom. The molecule has 2 aromatic rings. The van der Waals surface area contributed by atoms with Gasteiger partial charge in [-0.1, -0.05) is 29.8 Å². The van der Waals surface area contributed by atoms with Crippen LogP contribution in [0.15, 0.2) is 53.4 Å². The number of hydrogen-bond acceptors (Lipinski definition) is 3. The summed E-state index contributed by atoms with van der Waals surface area (Å²) in [4.78, 5) is 0.839. The molecule has 0 aliphatic carbocycles. The van der Waals surface area contributed by atoms with Gasteiger partial charge in [0.25, 0.3) is 0 Å². The second-order valence-electron chi connectivity index (χ2n) is 4.25. The van der Waals surface area contributed by atoms with Crippen molar-refractivity contribution in [1.82, 2.24) is 0 Å².